The van der Waals surface area contributed by atoms with E-state index in [-0.39, 0.29) is 5.91 Å². The maximum Gasteiger partial charge on any atom is 0.241 e. The maximum atomic E-state index is 11.8. The number of nitrogens with two attached hydrogens (primary N) is 1. The van der Waals surface area contributed by atoms with Gasteiger partial charge in [0.1, 0.15) is 6.04 Å². The lowest BCUT2D eigenvalue weighted by Gasteiger charge is -2.14. The molecule has 0 bridgehead atoms. The molecule has 0 aromatic heterocycles. The second-order valence-corrected chi connectivity index (χ2v) is 4.60. The predicted molar refractivity (Wildman–Crippen MR) is 70.0 cm³/mol. The van der Waals surface area contributed by atoms with Crippen molar-refractivity contribution in [3.63, 3.8) is 0 Å². The molecule has 0 spiro atoms. The molecule has 1 saturated heterocycles. The Kier molecular flexibility index (Phi) is 4.73. The van der Waals surface area contributed by atoms with Crippen molar-refractivity contribution in [1.82, 2.24) is 5.32 Å². The minimum Gasteiger partial charge on any atom is -0.378 e. The summed E-state index contributed by atoms with van der Waals surface area (Å²) >= 11 is 0. The topological polar surface area (TPSA) is 64.4 Å². The normalized spacial score (nSPS) is 20.6. The van der Waals surface area contributed by atoms with Gasteiger partial charge >= 0.3 is 0 Å². The third-order valence-electron chi connectivity index (χ3n) is 3.23. The van der Waals surface area contributed by atoms with Crippen molar-refractivity contribution >= 4 is 5.91 Å². The predicted octanol–water partition coefficient (Wildman–Crippen LogP) is 1.37. The highest BCUT2D eigenvalue weighted by Crippen LogP contribution is 2.14. The van der Waals surface area contributed by atoms with Crippen LogP contribution >= 0.6 is 0 Å². The van der Waals surface area contributed by atoms with Crippen molar-refractivity contribution in [2.45, 2.75) is 31.4 Å². The van der Waals surface area contributed by atoms with Gasteiger partial charge < -0.3 is 15.8 Å². The Morgan fingerprint density at radius 2 is 2.22 bits per heavy atom. The number of ether oxygens (including phenoxy) is 1. The first kappa shape index (κ1) is 13.1. The smallest absolute Gasteiger partial charge is 0.241 e. The van der Waals surface area contributed by atoms with E-state index in [2.05, 4.69) is 5.32 Å². The van der Waals surface area contributed by atoms with Crippen LogP contribution in [0.5, 0.6) is 0 Å². The molecule has 1 heterocycles. The van der Waals surface area contributed by atoms with E-state index < -0.39 is 6.04 Å². The molecule has 18 heavy (non-hydrogen) atoms. The second-order valence-electron chi connectivity index (χ2n) is 4.60. The molecule has 3 N–H and O–H groups in total. The standard InChI is InChI=1S/C14H20N2O2/c15-13(11-5-2-1-3-6-11)14(17)16-9-8-12-7-4-10-18-12/h1-3,5-6,12-13H,4,7-10,15H2,(H,16,17)/t12?,13-/m1/s1. The van der Waals surface area contributed by atoms with Crippen LogP contribution in [0.2, 0.25) is 0 Å². The molecule has 4 nitrogen and oxygen atoms in total. The lowest BCUT2D eigenvalue weighted by molar-refractivity contribution is -0.122. The molecule has 1 amide bonds. The highest BCUT2D eigenvalue weighted by molar-refractivity contribution is 5.82. The first-order valence-electron chi connectivity index (χ1n) is 6.47. The zero-order valence-electron chi connectivity index (χ0n) is 10.5. The van der Waals surface area contributed by atoms with E-state index in [1.807, 2.05) is 30.3 Å². The highest BCUT2D eigenvalue weighted by Gasteiger charge is 2.17. The third-order valence-corrected chi connectivity index (χ3v) is 3.23. The first-order chi connectivity index (χ1) is 8.77. The van der Waals surface area contributed by atoms with Gasteiger partial charge in [-0.25, -0.2) is 0 Å². The Morgan fingerprint density at radius 3 is 2.89 bits per heavy atom. The summed E-state index contributed by atoms with van der Waals surface area (Å²) in [5, 5.41) is 2.86. The average molecular weight is 248 g/mol. The third kappa shape index (κ3) is 3.55. The highest BCUT2D eigenvalue weighted by atomic mass is 16.5. The number of carbonyl (C=O) groups excluding carboxylic acids is 1. The van der Waals surface area contributed by atoms with E-state index in [1.165, 1.54) is 0 Å². The SMILES string of the molecule is N[C@@H](C(=O)NCCC1CCCO1)c1ccccc1. The zero-order chi connectivity index (χ0) is 12.8. The number of hydrogen-bond acceptors (Lipinski definition) is 3. The van der Waals surface area contributed by atoms with Crippen molar-refractivity contribution in [2.75, 3.05) is 13.2 Å². The fourth-order valence-electron chi connectivity index (χ4n) is 2.15. The van der Waals surface area contributed by atoms with Crippen LogP contribution in [0.1, 0.15) is 30.9 Å². The molecule has 1 aliphatic heterocycles. The van der Waals surface area contributed by atoms with E-state index >= 15 is 0 Å². The summed E-state index contributed by atoms with van der Waals surface area (Å²) in [4.78, 5) is 11.8. The van der Waals surface area contributed by atoms with Gasteiger partial charge in [0, 0.05) is 13.2 Å². The Balaban J connectivity index is 1.74. The number of hydrogen-bond donors (Lipinski definition) is 2. The summed E-state index contributed by atoms with van der Waals surface area (Å²) in [5.41, 5.74) is 6.73. The van der Waals surface area contributed by atoms with Crippen LogP contribution in [-0.2, 0) is 9.53 Å². The second kappa shape index (κ2) is 6.52. The van der Waals surface area contributed by atoms with Crippen molar-refractivity contribution < 1.29 is 9.53 Å². The van der Waals surface area contributed by atoms with Crippen LogP contribution < -0.4 is 11.1 Å². The van der Waals surface area contributed by atoms with Crippen LogP contribution in [0, 0.1) is 0 Å². The Morgan fingerprint density at radius 1 is 1.44 bits per heavy atom. The lowest BCUT2D eigenvalue weighted by Crippen LogP contribution is -2.35. The summed E-state index contributed by atoms with van der Waals surface area (Å²) in [6, 6.07) is 8.82. The molecule has 4 heteroatoms. The Hall–Kier alpha value is -1.39. The minimum atomic E-state index is -0.587. The summed E-state index contributed by atoms with van der Waals surface area (Å²) in [6.07, 6.45) is 3.40. The molecule has 1 fully saturated rings. The monoisotopic (exact) mass is 248 g/mol. The molecule has 1 aromatic rings. The van der Waals surface area contributed by atoms with E-state index in [0.29, 0.717) is 12.6 Å². The van der Waals surface area contributed by atoms with Gasteiger partial charge in [-0.3, -0.25) is 4.79 Å². The number of carbonyl (C=O) groups is 1. The van der Waals surface area contributed by atoms with Crippen molar-refractivity contribution in [3.8, 4) is 0 Å². The molecule has 0 radical (unpaired) electrons. The quantitative estimate of drug-likeness (QED) is 0.827. The average Bonchev–Trinajstić information content (AvgIpc) is 2.92. The molecule has 1 aromatic carbocycles. The molecule has 2 rings (SSSR count). The van der Waals surface area contributed by atoms with Crippen molar-refractivity contribution in [2.24, 2.45) is 5.73 Å². The Labute approximate surface area is 108 Å². The van der Waals surface area contributed by atoms with Crippen LogP contribution in [0.3, 0.4) is 0 Å². The Bertz CT molecular complexity index is 375. The minimum absolute atomic E-state index is 0.126. The fraction of sp³-hybridized carbons (Fsp3) is 0.500. The molecule has 0 saturated carbocycles. The van der Waals surface area contributed by atoms with E-state index in [9.17, 15) is 4.79 Å². The number of amides is 1. The summed E-state index contributed by atoms with van der Waals surface area (Å²) < 4.78 is 5.50. The lowest BCUT2D eigenvalue weighted by atomic mass is 10.1. The van der Waals surface area contributed by atoms with Crippen LogP contribution in [0.25, 0.3) is 0 Å². The van der Waals surface area contributed by atoms with Gasteiger partial charge in [-0.15, -0.1) is 0 Å². The van der Waals surface area contributed by atoms with Crippen LogP contribution in [0.15, 0.2) is 30.3 Å². The number of nitrogens with one attached hydrogen (secondary N) is 1. The molecular formula is C14H20N2O2. The molecule has 1 aliphatic rings. The zero-order valence-corrected chi connectivity index (χ0v) is 10.5. The molecule has 98 valence electrons. The number of benzene rings is 1. The maximum absolute atomic E-state index is 11.8. The van der Waals surface area contributed by atoms with E-state index in [4.69, 9.17) is 10.5 Å². The summed E-state index contributed by atoms with van der Waals surface area (Å²) in [7, 11) is 0. The van der Waals surface area contributed by atoms with Crippen molar-refractivity contribution in [3.05, 3.63) is 35.9 Å². The van der Waals surface area contributed by atoms with Gasteiger partial charge in [0.25, 0.3) is 0 Å². The van der Waals surface area contributed by atoms with Gasteiger partial charge in [0.2, 0.25) is 5.91 Å². The van der Waals surface area contributed by atoms with Crippen LogP contribution in [-0.4, -0.2) is 25.2 Å². The van der Waals surface area contributed by atoms with E-state index in [0.717, 1.165) is 31.4 Å². The van der Waals surface area contributed by atoms with Gasteiger partial charge in [0.15, 0.2) is 0 Å². The van der Waals surface area contributed by atoms with Gasteiger partial charge in [-0.05, 0) is 24.8 Å². The van der Waals surface area contributed by atoms with Gasteiger partial charge in [0.05, 0.1) is 6.10 Å². The van der Waals surface area contributed by atoms with Crippen molar-refractivity contribution in [1.29, 1.82) is 0 Å². The first-order valence-corrected chi connectivity index (χ1v) is 6.47. The molecule has 0 aliphatic carbocycles. The van der Waals surface area contributed by atoms with E-state index in [1.54, 1.807) is 0 Å². The van der Waals surface area contributed by atoms with Gasteiger partial charge in [-0.2, -0.15) is 0 Å². The van der Waals surface area contributed by atoms with Gasteiger partial charge in [-0.1, -0.05) is 30.3 Å². The van der Waals surface area contributed by atoms with Crippen LogP contribution in [0.4, 0.5) is 0 Å². The molecule has 1 unspecified atom stereocenters. The molecular weight excluding hydrogens is 228 g/mol. The summed E-state index contributed by atoms with van der Waals surface area (Å²) in [6.45, 7) is 1.48. The largest absolute Gasteiger partial charge is 0.378 e. The fourth-order valence-corrected chi connectivity index (χ4v) is 2.15. The number of rotatable bonds is 5. The summed E-state index contributed by atoms with van der Waals surface area (Å²) in [5.74, 6) is -0.126. The molecule has 2 atom stereocenters.